The molecule has 2 aliphatic heterocycles. The van der Waals surface area contributed by atoms with Gasteiger partial charge in [0.2, 0.25) is 0 Å². The molecule has 1 saturated heterocycles. The number of rotatable bonds is 2. The minimum absolute atomic E-state index is 0.320. The highest BCUT2D eigenvalue weighted by molar-refractivity contribution is 5.49. The summed E-state index contributed by atoms with van der Waals surface area (Å²) in [6.45, 7) is 2.24. The standard InChI is InChI=1S/C15H22N2O2/c1-18-14-7-10-3-5-17-6-4-11(16)8-13(17)12(10)9-15(14)19-2/h7,9,11,13H,3-6,8,16H2,1-2H3/t11-,13+/m0/s1. The van der Waals surface area contributed by atoms with Crippen LogP contribution in [0.4, 0.5) is 0 Å². The Morgan fingerprint density at radius 3 is 2.63 bits per heavy atom. The highest BCUT2D eigenvalue weighted by Gasteiger charge is 2.33. The van der Waals surface area contributed by atoms with Crippen molar-refractivity contribution in [2.75, 3.05) is 27.3 Å². The van der Waals surface area contributed by atoms with Gasteiger partial charge in [0, 0.05) is 25.2 Å². The molecule has 2 atom stereocenters. The van der Waals surface area contributed by atoms with Crippen molar-refractivity contribution < 1.29 is 9.47 Å². The Hall–Kier alpha value is -1.26. The van der Waals surface area contributed by atoms with Gasteiger partial charge in [-0.05, 0) is 42.5 Å². The van der Waals surface area contributed by atoms with E-state index in [1.807, 2.05) is 0 Å². The van der Waals surface area contributed by atoms with E-state index in [2.05, 4.69) is 17.0 Å². The quantitative estimate of drug-likeness (QED) is 0.881. The summed E-state index contributed by atoms with van der Waals surface area (Å²) in [7, 11) is 3.38. The molecule has 0 bridgehead atoms. The summed E-state index contributed by atoms with van der Waals surface area (Å²) in [6, 6.07) is 5.04. The maximum Gasteiger partial charge on any atom is 0.161 e. The monoisotopic (exact) mass is 262 g/mol. The molecule has 2 heterocycles. The van der Waals surface area contributed by atoms with Crippen LogP contribution in [0, 0.1) is 0 Å². The molecule has 3 rings (SSSR count). The predicted molar refractivity (Wildman–Crippen MR) is 74.8 cm³/mol. The third kappa shape index (κ3) is 2.19. The molecule has 0 amide bonds. The van der Waals surface area contributed by atoms with Crippen molar-refractivity contribution >= 4 is 0 Å². The van der Waals surface area contributed by atoms with Crippen LogP contribution < -0.4 is 15.2 Å². The summed E-state index contributed by atoms with van der Waals surface area (Å²) in [5.41, 5.74) is 8.90. The molecule has 4 heteroatoms. The maximum absolute atomic E-state index is 6.14. The van der Waals surface area contributed by atoms with Crippen LogP contribution in [0.2, 0.25) is 0 Å². The lowest BCUT2D eigenvalue weighted by Crippen LogP contribution is -2.45. The second-order valence-electron chi connectivity index (χ2n) is 5.49. The van der Waals surface area contributed by atoms with Gasteiger partial charge in [-0.2, -0.15) is 0 Å². The zero-order valence-corrected chi connectivity index (χ0v) is 11.7. The normalized spacial score (nSPS) is 26.5. The van der Waals surface area contributed by atoms with E-state index in [1.54, 1.807) is 14.2 Å². The van der Waals surface area contributed by atoms with Crippen molar-refractivity contribution in [3.8, 4) is 11.5 Å². The summed E-state index contributed by atoms with van der Waals surface area (Å²) >= 11 is 0. The number of hydrogen-bond donors (Lipinski definition) is 1. The maximum atomic E-state index is 6.14. The smallest absolute Gasteiger partial charge is 0.161 e. The van der Waals surface area contributed by atoms with Gasteiger partial charge in [-0.15, -0.1) is 0 Å². The Morgan fingerprint density at radius 2 is 1.89 bits per heavy atom. The van der Waals surface area contributed by atoms with Gasteiger partial charge in [0.05, 0.1) is 14.2 Å². The first-order chi connectivity index (χ1) is 9.22. The summed E-state index contributed by atoms with van der Waals surface area (Å²) < 4.78 is 10.8. The van der Waals surface area contributed by atoms with Crippen molar-refractivity contribution in [1.29, 1.82) is 0 Å². The third-order valence-corrected chi connectivity index (χ3v) is 4.43. The average molecular weight is 262 g/mol. The zero-order valence-electron chi connectivity index (χ0n) is 11.7. The molecule has 1 fully saturated rings. The molecule has 0 unspecified atom stereocenters. The van der Waals surface area contributed by atoms with E-state index in [0.717, 1.165) is 43.9 Å². The zero-order chi connectivity index (χ0) is 13.4. The third-order valence-electron chi connectivity index (χ3n) is 4.43. The minimum atomic E-state index is 0.320. The lowest BCUT2D eigenvalue weighted by atomic mass is 9.85. The van der Waals surface area contributed by atoms with Crippen LogP contribution in [0.1, 0.15) is 30.0 Å². The Morgan fingerprint density at radius 1 is 1.16 bits per heavy atom. The SMILES string of the molecule is COc1cc2c(cc1OC)[C@H]1C[C@@H](N)CCN1CC2. The fourth-order valence-electron chi connectivity index (χ4n) is 3.36. The van der Waals surface area contributed by atoms with Crippen molar-refractivity contribution in [2.45, 2.75) is 31.3 Å². The molecule has 0 aromatic heterocycles. The Labute approximate surface area is 114 Å². The van der Waals surface area contributed by atoms with Gasteiger partial charge < -0.3 is 15.2 Å². The van der Waals surface area contributed by atoms with Crippen LogP contribution >= 0.6 is 0 Å². The molecule has 0 spiro atoms. The van der Waals surface area contributed by atoms with Crippen molar-refractivity contribution in [3.05, 3.63) is 23.3 Å². The number of nitrogens with two attached hydrogens (primary N) is 1. The van der Waals surface area contributed by atoms with Gasteiger partial charge >= 0.3 is 0 Å². The molecule has 1 aromatic rings. The minimum Gasteiger partial charge on any atom is -0.493 e. The topological polar surface area (TPSA) is 47.7 Å². The average Bonchev–Trinajstić information content (AvgIpc) is 2.45. The van der Waals surface area contributed by atoms with E-state index in [0.29, 0.717) is 12.1 Å². The highest BCUT2D eigenvalue weighted by atomic mass is 16.5. The summed E-state index contributed by atoms with van der Waals surface area (Å²) in [5, 5.41) is 0. The molecule has 1 aromatic carbocycles. The molecule has 2 aliphatic rings. The summed E-state index contributed by atoms with van der Waals surface area (Å²) in [6.07, 6.45) is 3.24. The van der Waals surface area contributed by atoms with Gasteiger partial charge in [0.25, 0.3) is 0 Å². The number of benzene rings is 1. The number of methoxy groups -OCH3 is 2. The van der Waals surface area contributed by atoms with E-state index >= 15 is 0 Å². The lowest BCUT2D eigenvalue weighted by Gasteiger charge is -2.42. The van der Waals surface area contributed by atoms with Gasteiger partial charge in [0.15, 0.2) is 11.5 Å². The molecule has 104 valence electrons. The molecule has 0 aliphatic carbocycles. The molecule has 2 N–H and O–H groups in total. The molecular formula is C15H22N2O2. The molecule has 19 heavy (non-hydrogen) atoms. The first-order valence-corrected chi connectivity index (χ1v) is 6.97. The Kier molecular flexibility index (Phi) is 3.37. The van der Waals surface area contributed by atoms with Crippen molar-refractivity contribution in [1.82, 2.24) is 4.90 Å². The molecule has 0 saturated carbocycles. The van der Waals surface area contributed by atoms with E-state index in [-0.39, 0.29) is 0 Å². The molecule has 0 radical (unpaired) electrons. The summed E-state index contributed by atoms with van der Waals surface area (Å²) in [4.78, 5) is 2.55. The van der Waals surface area contributed by atoms with E-state index in [4.69, 9.17) is 15.2 Å². The van der Waals surface area contributed by atoms with Crippen LogP contribution in [0.25, 0.3) is 0 Å². The van der Waals surface area contributed by atoms with Crippen LogP contribution in [0.3, 0.4) is 0 Å². The number of hydrogen-bond acceptors (Lipinski definition) is 4. The molecular weight excluding hydrogens is 240 g/mol. The fraction of sp³-hybridized carbons (Fsp3) is 0.600. The lowest BCUT2D eigenvalue weighted by molar-refractivity contribution is 0.126. The van der Waals surface area contributed by atoms with Gasteiger partial charge in [0.1, 0.15) is 0 Å². The highest BCUT2D eigenvalue weighted by Crippen LogP contribution is 2.41. The number of fused-ring (bicyclic) bond motifs is 3. The van der Waals surface area contributed by atoms with Crippen molar-refractivity contribution in [2.24, 2.45) is 5.73 Å². The second-order valence-corrected chi connectivity index (χ2v) is 5.49. The van der Waals surface area contributed by atoms with Crippen LogP contribution in [-0.2, 0) is 6.42 Å². The number of nitrogens with zero attached hydrogens (tertiary/aromatic N) is 1. The first-order valence-electron chi connectivity index (χ1n) is 6.97. The van der Waals surface area contributed by atoms with Gasteiger partial charge in [-0.1, -0.05) is 0 Å². The number of ether oxygens (including phenoxy) is 2. The number of piperidine rings is 1. The van der Waals surface area contributed by atoms with Crippen LogP contribution in [0.15, 0.2) is 12.1 Å². The van der Waals surface area contributed by atoms with Crippen LogP contribution in [0.5, 0.6) is 11.5 Å². The fourth-order valence-corrected chi connectivity index (χ4v) is 3.36. The van der Waals surface area contributed by atoms with Crippen molar-refractivity contribution in [3.63, 3.8) is 0 Å². The first kappa shape index (κ1) is 12.8. The predicted octanol–water partition coefficient (Wildman–Crippen LogP) is 1.72. The Balaban J connectivity index is 2.01. The van der Waals surface area contributed by atoms with E-state index in [9.17, 15) is 0 Å². The van der Waals surface area contributed by atoms with Gasteiger partial charge in [-0.25, -0.2) is 0 Å². The van der Waals surface area contributed by atoms with Crippen LogP contribution in [-0.4, -0.2) is 38.3 Å². The molecule has 4 nitrogen and oxygen atoms in total. The second kappa shape index (κ2) is 5.02. The van der Waals surface area contributed by atoms with E-state index < -0.39 is 0 Å². The van der Waals surface area contributed by atoms with E-state index in [1.165, 1.54) is 11.1 Å². The largest absolute Gasteiger partial charge is 0.493 e. The van der Waals surface area contributed by atoms with Gasteiger partial charge in [-0.3, -0.25) is 4.90 Å². The summed E-state index contributed by atoms with van der Waals surface area (Å²) in [5.74, 6) is 1.65. The Bertz CT molecular complexity index is 475.